The van der Waals surface area contributed by atoms with Gasteiger partial charge < -0.3 is 11.1 Å². The Balaban J connectivity index is 4.11. The van der Waals surface area contributed by atoms with E-state index in [0.29, 0.717) is 12.3 Å². The molecule has 0 bridgehead atoms. The largest absolute Gasteiger partial charge is 0.370 e. The van der Waals surface area contributed by atoms with E-state index in [1.54, 1.807) is 0 Å². The van der Waals surface area contributed by atoms with Gasteiger partial charge in [-0.15, -0.1) is 0 Å². The summed E-state index contributed by atoms with van der Waals surface area (Å²) >= 11 is 0. The Morgan fingerprint density at radius 1 is 1.31 bits per heavy atom. The molecule has 13 heavy (non-hydrogen) atoms. The highest BCUT2D eigenvalue weighted by atomic mass is 16.1. The van der Waals surface area contributed by atoms with E-state index in [4.69, 9.17) is 5.73 Å². The first-order valence-corrected chi connectivity index (χ1v) is 5.17. The van der Waals surface area contributed by atoms with Gasteiger partial charge in [0.1, 0.15) is 0 Å². The molecule has 0 rings (SSSR count). The molecule has 0 aromatic carbocycles. The van der Waals surface area contributed by atoms with Crippen LogP contribution in [0.3, 0.4) is 0 Å². The van der Waals surface area contributed by atoms with Gasteiger partial charge in [0.15, 0.2) is 0 Å². The maximum Gasteiger partial charge on any atom is 0.218 e. The summed E-state index contributed by atoms with van der Waals surface area (Å²) in [5, 5.41) is 3.32. The van der Waals surface area contributed by atoms with Crippen LogP contribution in [0, 0.1) is 5.92 Å². The normalized spacial score (nSPS) is 13.2. The molecule has 0 radical (unpaired) electrons. The second kappa shape index (κ2) is 6.89. The zero-order chi connectivity index (χ0) is 10.3. The van der Waals surface area contributed by atoms with E-state index < -0.39 is 0 Å². The molecule has 0 aromatic rings. The van der Waals surface area contributed by atoms with Crippen molar-refractivity contribution in [1.82, 2.24) is 5.32 Å². The summed E-state index contributed by atoms with van der Waals surface area (Å²) in [4.78, 5) is 10.8. The summed E-state index contributed by atoms with van der Waals surface area (Å²) < 4.78 is 0. The molecule has 0 saturated heterocycles. The highest BCUT2D eigenvalue weighted by Gasteiger charge is 2.18. The average Bonchev–Trinajstić information content (AvgIpc) is 2.05. The average molecular weight is 186 g/mol. The number of rotatable bonds is 7. The number of amides is 1. The zero-order valence-electron chi connectivity index (χ0n) is 8.97. The minimum atomic E-state index is -0.210. The SMILES string of the molecule is CCNC(CC(N)=O)C(CC)CC. The van der Waals surface area contributed by atoms with E-state index in [2.05, 4.69) is 26.1 Å². The monoisotopic (exact) mass is 186 g/mol. The maximum atomic E-state index is 10.8. The van der Waals surface area contributed by atoms with Crippen molar-refractivity contribution in [1.29, 1.82) is 0 Å². The predicted octanol–water partition coefficient (Wildman–Crippen LogP) is 1.28. The summed E-state index contributed by atoms with van der Waals surface area (Å²) in [5.74, 6) is 0.352. The van der Waals surface area contributed by atoms with Crippen molar-refractivity contribution >= 4 is 5.91 Å². The number of nitrogens with one attached hydrogen (secondary N) is 1. The lowest BCUT2D eigenvalue weighted by atomic mass is 9.91. The van der Waals surface area contributed by atoms with Crippen molar-refractivity contribution in [3.8, 4) is 0 Å². The summed E-state index contributed by atoms with van der Waals surface area (Å²) in [7, 11) is 0. The van der Waals surface area contributed by atoms with Crippen LogP contribution in [0.5, 0.6) is 0 Å². The summed E-state index contributed by atoms with van der Waals surface area (Å²) in [6.07, 6.45) is 2.66. The highest BCUT2D eigenvalue weighted by Crippen LogP contribution is 2.15. The van der Waals surface area contributed by atoms with Crippen LogP contribution in [0.15, 0.2) is 0 Å². The number of hydrogen-bond acceptors (Lipinski definition) is 2. The van der Waals surface area contributed by atoms with Crippen molar-refractivity contribution in [2.24, 2.45) is 11.7 Å². The van der Waals surface area contributed by atoms with Gasteiger partial charge in [-0.3, -0.25) is 4.79 Å². The molecule has 0 aromatic heterocycles. The molecule has 3 nitrogen and oxygen atoms in total. The molecule has 0 saturated carbocycles. The van der Waals surface area contributed by atoms with Crippen LogP contribution in [-0.4, -0.2) is 18.5 Å². The molecule has 78 valence electrons. The molecule has 1 amide bonds. The van der Waals surface area contributed by atoms with E-state index in [1.807, 2.05) is 0 Å². The van der Waals surface area contributed by atoms with Gasteiger partial charge in [0.2, 0.25) is 5.91 Å². The van der Waals surface area contributed by atoms with Gasteiger partial charge in [-0.1, -0.05) is 33.6 Å². The Labute approximate surface area is 81.1 Å². The fourth-order valence-corrected chi connectivity index (χ4v) is 1.74. The Bertz CT molecular complexity index is 144. The van der Waals surface area contributed by atoms with Gasteiger partial charge in [-0.25, -0.2) is 0 Å². The number of carbonyl (C=O) groups excluding carboxylic acids is 1. The molecule has 0 aliphatic rings. The summed E-state index contributed by atoms with van der Waals surface area (Å²) in [6, 6.07) is 0.262. The third-order valence-corrected chi connectivity index (χ3v) is 2.51. The van der Waals surface area contributed by atoms with Gasteiger partial charge in [0, 0.05) is 12.5 Å². The number of carbonyl (C=O) groups is 1. The van der Waals surface area contributed by atoms with Gasteiger partial charge in [0.25, 0.3) is 0 Å². The number of hydrogen-bond donors (Lipinski definition) is 2. The Hall–Kier alpha value is -0.570. The summed E-state index contributed by atoms with van der Waals surface area (Å²) in [6.45, 7) is 7.25. The molecular formula is C10H22N2O. The molecule has 0 fully saturated rings. The second-order valence-electron chi connectivity index (χ2n) is 3.41. The molecule has 1 unspecified atom stereocenters. The predicted molar refractivity (Wildman–Crippen MR) is 55.3 cm³/mol. The quantitative estimate of drug-likeness (QED) is 0.629. The lowest BCUT2D eigenvalue weighted by Gasteiger charge is -2.24. The fourth-order valence-electron chi connectivity index (χ4n) is 1.74. The Kier molecular flexibility index (Phi) is 6.59. The zero-order valence-corrected chi connectivity index (χ0v) is 8.97. The minimum absolute atomic E-state index is 0.210. The fraction of sp³-hybridized carbons (Fsp3) is 0.900. The highest BCUT2D eigenvalue weighted by molar-refractivity contribution is 5.74. The first kappa shape index (κ1) is 12.4. The van der Waals surface area contributed by atoms with Crippen LogP contribution in [0.1, 0.15) is 40.0 Å². The topological polar surface area (TPSA) is 55.1 Å². The first-order valence-electron chi connectivity index (χ1n) is 5.17. The molecule has 1 atom stereocenters. The van der Waals surface area contributed by atoms with Crippen LogP contribution in [0.4, 0.5) is 0 Å². The molecule has 0 aliphatic heterocycles. The van der Waals surface area contributed by atoms with Crippen molar-refractivity contribution in [2.75, 3.05) is 6.54 Å². The van der Waals surface area contributed by atoms with Gasteiger partial charge in [-0.05, 0) is 12.5 Å². The van der Waals surface area contributed by atoms with Crippen LogP contribution in [-0.2, 0) is 4.79 Å². The van der Waals surface area contributed by atoms with Gasteiger partial charge in [0.05, 0.1) is 0 Å². The molecule has 3 heteroatoms. The molecule has 3 N–H and O–H groups in total. The van der Waals surface area contributed by atoms with Gasteiger partial charge in [-0.2, -0.15) is 0 Å². The van der Waals surface area contributed by atoms with E-state index >= 15 is 0 Å². The molecular weight excluding hydrogens is 164 g/mol. The number of primary amides is 1. The molecule has 0 heterocycles. The van der Waals surface area contributed by atoms with Gasteiger partial charge >= 0.3 is 0 Å². The molecule has 0 spiro atoms. The lowest BCUT2D eigenvalue weighted by molar-refractivity contribution is -0.118. The number of nitrogens with two attached hydrogens (primary N) is 1. The van der Waals surface area contributed by atoms with Crippen molar-refractivity contribution < 1.29 is 4.79 Å². The first-order chi connectivity index (χ1) is 6.15. The van der Waals surface area contributed by atoms with Crippen molar-refractivity contribution in [3.63, 3.8) is 0 Å². The van der Waals surface area contributed by atoms with E-state index in [1.165, 1.54) is 0 Å². The third kappa shape index (κ3) is 4.88. The van der Waals surface area contributed by atoms with Crippen LogP contribution < -0.4 is 11.1 Å². The smallest absolute Gasteiger partial charge is 0.218 e. The third-order valence-electron chi connectivity index (χ3n) is 2.51. The van der Waals surface area contributed by atoms with Crippen LogP contribution in [0.25, 0.3) is 0 Å². The minimum Gasteiger partial charge on any atom is -0.370 e. The standard InChI is InChI=1S/C10H22N2O/c1-4-8(5-2)9(12-6-3)7-10(11)13/h8-9,12H,4-7H2,1-3H3,(H2,11,13). The van der Waals surface area contributed by atoms with Crippen LogP contribution >= 0.6 is 0 Å². The Morgan fingerprint density at radius 3 is 2.15 bits per heavy atom. The maximum absolute atomic E-state index is 10.8. The lowest BCUT2D eigenvalue weighted by Crippen LogP contribution is -2.39. The van der Waals surface area contributed by atoms with E-state index in [0.717, 1.165) is 19.4 Å². The van der Waals surface area contributed by atoms with E-state index in [9.17, 15) is 4.79 Å². The summed E-state index contributed by atoms with van der Waals surface area (Å²) in [5.41, 5.74) is 5.19. The Morgan fingerprint density at radius 2 is 1.85 bits per heavy atom. The van der Waals surface area contributed by atoms with E-state index in [-0.39, 0.29) is 11.9 Å². The van der Waals surface area contributed by atoms with Crippen LogP contribution in [0.2, 0.25) is 0 Å². The van der Waals surface area contributed by atoms with Crippen molar-refractivity contribution in [2.45, 2.75) is 46.1 Å². The van der Waals surface area contributed by atoms with Crippen molar-refractivity contribution in [3.05, 3.63) is 0 Å². The molecule has 0 aliphatic carbocycles. The second-order valence-corrected chi connectivity index (χ2v) is 3.41.